The third-order valence-corrected chi connectivity index (χ3v) is 2.16. The first-order chi connectivity index (χ1) is 6.85. The van der Waals surface area contributed by atoms with Crippen molar-refractivity contribution in [3.05, 3.63) is 16.4 Å². The standard InChI is InChI=1S/C7H3BrF3N3O/c8-5-3(1-12)14-2-4(6(5)13)15-7(9,10)11/h2H,(H2,13,14). The fraction of sp³-hybridized carbons (Fsp3) is 0.143. The zero-order valence-corrected chi connectivity index (χ0v) is 8.56. The summed E-state index contributed by atoms with van der Waals surface area (Å²) in [6.45, 7) is 0. The van der Waals surface area contributed by atoms with E-state index in [1.54, 1.807) is 6.07 Å². The van der Waals surface area contributed by atoms with Crippen molar-refractivity contribution in [2.45, 2.75) is 6.36 Å². The molecule has 0 atom stereocenters. The van der Waals surface area contributed by atoms with Gasteiger partial charge in [0.2, 0.25) is 0 Å². The van der Waals surface area contributed by atoms with Crippen LogP contribution in [0, 0.1) is 11.3 Å². The van der Waals surface area contributed by atoms with Gasteiger partial charge in [0.25, 0.3) is 0 Å². The molecule has 0 bridgehead atoms. The van der Waals surface area contributed by atoms with Crippen LogP contribution in [-0.2, 0) is 0 Å². The van der Waals surface area contributed by atoms with Crippen LogP contribution in [0.4, 0.5) is 18.9 Å². The molecule has 0 spiro atoms. The topological polar surface area (TPSA) is 71.9 Å². The number of nitrogens with zero attached hydrogens (tertiary/aromatic N) is 2. The van der Waals surface area contributed by atoms with E-state index < -0.39 is 12.1 Å². The van der Waals surface area contributed by atoms with E-state index in [0.29, 0.717) is 0 Å². The Labute approximate surface area is 90.6 Å². The van der Waals surface area contributed by atoms with Crippen LogP contribution in [-0.4, -0.2) is 11.3 Å². The third kappa shape index (κ3) is 2.73. The zero-order chi connectivity index (χ0) is 11.6. The Morgan fingerprint density at radius 2 is 2.13 bits per heavy atom. The summed E-state index contributed by atoms with van der Waals surface area (Å²) in [5, 5.41) is 8.51. The number of hydrogen-bond acceptors (Lipinski definition) is 4. The van der Waals surface area contributed by atoms with Gasteiger partial charge in [0.1, 0.15) is 6.07 Å². The highest BCUT2D eigenvalue weighted by molar-refractivity contribution is 9.10. The summed E-state index contributed by atoms with van der Waals surface area (Å²) in [6, 6.07) is 1.65. The summed E-state index contributed by atoms with van der Waals surface area (Å²) in [7, 11) is 0. The first-order valence-electron chi connectivity index (χ1n) is 3.45. The highest BCUT2D eigenvalue weighted by Crippen LogP contribution is 2.34. The summed E-state index contributed by atoms with van der Waals surface area (Å²) in [5.74, 6) is -0.645. The van der Waals surface area contributed by atoms with Crippen LogP contribution in [0.1, 0.15) is 5.69 Å². The number of nitrogens with two attached hydrogens (primary N) is 1. The molecule has 0 saturated heterocycles. The molecule has 4 nitrogen and oxygen atoms in total. The fourth-order valence-electron chi connectivity index (χ4n) is 0.769. The number of halogens is 4. The van der Waals surface area contributed by atoms with Crippen molar-refractivity contribution in [2.75, 3.05) is 5.73 Å². The van der Waals surface area contributed by atoms with Gasteiger partial charge in [-0.3, -0.25) is 0 Å². The van der Waals surface area contributed by atoms with Gasteiger partial charge in [-0.2, -0.15) is 5.26 Å². The minimum Gasteiger partial charge on any atom is -0.402 e. The van der Waals surface area contributed by atoms with Crippen LogP contribution in [0.3, 0.4) is 0 Å². The minimum atomic E-state index is -4.84. The summed E-state index contributed by atoms with van der Waals surface area (Å²) >= 11 is 2.84. The fourth-order valence-corrected chi connectivity index (χ4v) is 1.16. The van der Waals surface area contributed by atoms with Gasteiger partial charge in [0, 0.05) is 0 Å². The van der Waals surface area contributed by atoms with Crippen LogP contribution < -0.4 is 10.5 Å². The SMILES string of the molecule is N#Cc1ncc(OC(F)(F)F)c(N)c1Br. The minimum absolute atomic E-state index is 0.0215. The van der Waals surface area contributed by atoms with E-state index in [1.165, 1.54) is 0 Å². The van der Waals surface area contributed by atoms with Gasteiger partial charge >= 0.3 is 6.36 Å². The Balaban J connectivity index is 3.14. The molecular formula is C7H3BrF3N3O. The summed E-state index contributed by atoms with van der Waals surface area (Å²) in [6.07, 6.45) is -4.10. The van der Waals surface area contributed by atoms with Crippen molar-refractivity contribution < 1.29 is 17.9 Å². The predicted octanol–water partition coefficient (Wildman–Crippen LogP) is 2.20. The van der Waals surface area contributed by atoms with Crippen LogP contribution in [0.25, 0.3) is 0 Å². The molecule has 0 aromatic carbocycles. The largest absolute Gasteiger partial charge is 0.573 e. The number of anilines is 1. The molecule has 0 aliphatic heterocycles. The lowest BCUT2D eigenvalue weighted by atomic mass is 10.3. The average molecular weight is 282 g/mol. The van der Waals surface area contributed by atoms with Crippen molar-refractivity contribution in [1.82, 2.24) is 4.98 Å². The Bertz CT molecular complexity index is 427. The van der Waals surface area contributed by atoms with Gasteiger partial charge in [-0.05, 0) is 15.9 Å². The first-order valence-corrected chi connectivity index (χ1v) is 4.24. The number of pyridine rings is 1. The Hall–Kier alpha value is -1.49. The van der Waals surface area contributed by atoms with Crippen LogP contribution >= 0.6 is 15.9 Å². The predicted molar refractivity (Wildman–Crippen MR) is 47.7 cm³/mol. The number of aromatic nitrogens is 1. The molecule has 1 heterocycles. The molecular weight excluding hydrogens is 279 g/mol. The number of rotatable bonds is 1. The molecule has 1 rings (SSSR count). The second-order valence-electron chi connectivity index (χ2n) is 2.36. The van der Waals surface area contributed by atoms with Crippen molar-refractivity contribution in [1.29, 1.82) is 5.26 Å². The molecule has 8 heteroatoms. The van der Waals surface area contributed by atoms with E-state index in [1.807, 2.05) is 0 Å². The highest BCUT2D eigenvalue weighted by Gasteiger charge is 2.32. The number of ether oxygens (including phenoxy) is 1. The second-order valence-corrected chi connectivity index (χ2v) is 3.15. The van der Waals surface area contributed by atoms with Gasteiger partial charge < -0.3 is 10.5 Å². The lowest BCUT2D eigenvalue weighted by Crippen LogP contribution is -2.18. The maximum atomic E-state index is 11.8. The normalized spacial score (nSPS) is 10.9. The molecule has 15 heavy (non-hydrogen) atoms. The molecule has 1 aromatic heterocycles. The quantitative estimate of drug-likeness (QED) is 0.857. The highest BCUT2D eigenvalue weighted by atomic mass is 79.9. The van der Waals surface area contributed by atoms with E-state index >= 15 is 0 Å². The van der Waals surface area contributed by atoms with Gasteiger partial charge in [0.05, 0.1) is 16.4 Å². The summed E-state index contributed by atoms with van der Waals surface area (Å²) < 4.78 is 39.1. The Kier molecular flexibility index (Phi) is 3.04. The van der Waals surface area contributed by atoms with Gasteiger partial charge in [-0.25, -0.2) is 4.98 Å². The molecule has 0 aliphatic carbocycles. The van der Waals surface area contributed by atoms with Crippen molar-refractivity contribution in [2.24, 2.45) is 0 Å². The molecule has 80 valence electrons. The molecule has 0 fully saturated rings. The van der Waals surface area contributed by atoms with Gasteiger partial charge in [-0.15, -0.1) is 13.2 Å². The first kappa shape index (κ1) is 11.6. The smallest absolute Gasteiger partial charge is 0.402 e. The molecule has 0 saturated carbocycles. The Morgan fingerprint density at radius 3 is 2.60 bits per heavy atom. The lowest BCUT2D eigenvalue weighted by Gasteiger charge is -2.11. The zero-order valence-electron chi connectivity index (χ0n) is 6.97. The van der Waals surface area contributed by atoms with Crippen LogP contribution in [0.2, 0.25) is 0 Å². The number of hydrogen-bond donors (Lipinski definition) is 1. The molecule has 0 unspecified atom stereocenters. The maximum Gasteiger partial charge on any atom is 0.573 e. The second kappa shape index (κ2) is 3.94. The van der Waals surface area contributed by atoms with Gasteiger partial charge in [-0.1, -0.05) is 0 Å². The van der Waals surface area contributed by atoms with E-state index in [-0.39, 0.29) is 15.9 Å². The maximum absolute atomic E-state index is 11.8. The van der Waals surface area contributed by atoms with E-state index in [4.69, 9.17) is 11.0 Å². The Morgan fingerprint density at radius 1 is 1.53 bits per heavy atom. The summed E-state index contributed by atoms with van der Waals surface area (Å²) in [5.41, 5.74) is 4.87. The number of nitrogen functional groups attached to an aromatic ring is 1. The molecule has 0 amide bonds. The lowest BCUT2D eigenvalue weighted by molar-refractivity contribution is -0.274. The van der Waals surface area contributed by atoms with Crippen molar-refractivity contribution in [3.8, 4) is 11.8 Å². The van der Waals surface area contributed by atoms with Crippen LogP contribution in [0.15, 0.2) is 10.7 Å². The van der Waals surface area contributed by atoms with Gasteiger partial charge in [0.15, 0.2) is 11.4 Å². The van der Waals surface area contributed by atoms with E-state index in [0.717, 1.165) is 6.20 Å². The molecule has 0 radical (unpaired) electrons. The van der Waals surface area contributed by atoms with E-state index in [2.05, 4.69) is 25.7 Å². The average Bonchev–Trinajstić information content (AvgIpc) is 2.11. The monoisotopic (exact) mass is 281 g/mol. The summed E-state index contributed by atoms with van der Waals surface area (Å²) in [4.78, 5) is 3.43. The molecule has 2 N–H and O–H groups in total. The van der Waals surface area contributed by atoms with Crippen molar-refractivity contribution in [3.63, 3.8) is 0 Å². The van der Waals surface area contributed by atoms with Crippen molar-refractivity contribution >= 4 is 21.6 Å². The van der Waals surface area contributed by atoms with E-state index in [9.17, 15) is 13.2 Å². The molecule has 1 aromatic rings. The molecule has 0 aliphatic rings. The van der Waals surface area contributed by atoms with Crippen LogP contribution in [0.5, 0.6) is 5.75 Å². The third-order valence-electron chi connectivity index (χ3n) is 1.35. The number of nitriles is 1. The number of alkyl halides is 3.